The summed E-state index contributed by atoms with van der Waals surface area (Å²) < 4.78 is 42.5. The van der Waals surface area contributed by atoms with Crippen molar-refractivity contribution < 1.29 is 12.8 Å². The smallest absolute Gasteiger partial charge is 0.243 e. The van der Waals surface area contributed by atoms with E-state index in [1.807, 2.05) is 18.4 Å². The van der Waals surface area contributed by atoms with Gasteiger partial charge < -0.3 is 4.57 Å². The molecule has 0 spiro atoms. The highest BCUT2D eigenvalue weighted by Gasteiger charge is 2.20. The molecule has 6 nitrogen and oxygen atoms in total. The highest BCUT2D eigenvalue weighted by atomic mass is 32.2. The summed E-state index contributed by atoms with van der Waals surface area (Å²) in [5, 5.41) is 8.69. The molecule has 0 bridgehead atoms. The van der Waals surface area contributed by atoms with Crippen molar-refractivity contribution in [2.45, 2.75) is 31.8 Å². The molecule has 0 aliphatic heterocycles. The van der Waals surface area contributed by atoms with E-state index in [0.717, 1.165) is 12.1 Å². The van der Waals surface area contributed by atoms with Crippen molar-refractivity contribution in [2.24, 2.45) is 5.92 Å². The van der Waals surface area contributed by atoms with Gasteiger partial charge in [-0.15, -0.1) is 0 Å². The Morgan fingerprint density at radius 2 is 2.17 bits per heavy atom. The Hall–Kier alpha value is -2.24. The van der Waals surface area contributed by atoms with Crippen LogP contribution in [0.4, 0.5) is 4.39 Å². The van der Waals surface area contributed by atoms with Gasteiger partial charge in [0.25, 0.3) is 0 Å². The van der Waals surface area contributed by atoms with Gasteiger partial charge in [0.2, 0.25) is 10.0 Å². The van der Waals surface area contributed by atoms with Crippen molar-refractivity contribution in [1.29, 1.82) is 5.26 Å². The first-order valence-electron chi connectivity index (χ1n) is 7.03. The second-order valence-electron chi connectivity index (χ2n) is 5.47. The van der Waals surface area contributed by atoms with Crippen molar-refractivity contribution >= 4 is 10.0 Å². The van der Waals surface area contributed by atoms with Crippen molar-refractivity contribution in [3.63, 3.8) is 0 Å². The number of nitrogens with zero attached hydrogens (tertiary/aromatic N) is 3. The third-order valence-electron chi connectivity index (χ3n) is 3.13. The molecule has 0 amide bonds. The first-order valence-corrected chi connectivity index (χ1v) is 8.51. The standard InChI is InChI=1S/C15H17FN4O2S/c1-11(2)10-20-6-5-18-15(20)9-19-23(21,22)14-4-3-12(8-17)7-13(14)16/h3-7,11,19H,9-10H2,1-2H3. The van der Waals surface area contributed by atoms with Crippen molar-refractivity contribution in [1.82, 2.24) is 14.3 Å². The second kappa shape index (κ2) is 6.89. The monoisotopic (exact) mass is 336 g/mol. The predicted octanol–water partition coefficient (Wildman–Crippen LogP) is 2.03. The zero-order chi connectivity index (χ0) is 17.0. The van der Waals surface area contributed by atoms with Crippen LogP contribution in [0.15, 0.2) is 35.5 Å². The van der Waals surface area contributed by atoms with Gasteiger partial charge in [-0.1, -0.05) is 13.8 Å². The Kier molecular flexibility index (Phi) is 5.13. The average molecular weight is 336 g/mol. The normalized spacial score (nSPS) is 11.6. The molecule has 2 rings (SSSR count). The van der Waals surface area contributed by atoms with Gasteiger partial charge in [0, 0.05) is 18.9 Å². The van der Waals surface area contributed by atoms with Crippen LogP contribution in [0, 0.1) is 23.1 Å². The zero-order valence-electron chi connectivity index (χ0n) is 12.8. The molecule has 2 aromatic rings. The van der Waals surface area contributed by atoms with Gasteiger partial charge in [0.15, 0.2) is 0 Å². The van der Waals surface area contributed by atoms with Gasteiger partial charge in [-0.2, -0.15) is 5.26 Å². The number of benzene rings is 1. The Morgan fingerprint density at radius 3 is 2.78 bits per heavy atom. The number of sulfonamides is 1. The fraction of sp³-hybridized carbons (Fsp3) is 0.333. The molecule has 0 radical (unpaired) electrons. The van der Waals surface area contributed by atoms with E-state index in [9.17, 15) is 12.8 Å². The molecule has 0 atom stereocenters. The molecular formula is C15H17FN4O2S. The number of nitrogens with one attached hydrogen (secondary N) is 1. The summed E-state index contributed by atoms with van der Waals surface area (Å²) in [6.45, 7) is 4.75. The molecule has 122 valence electrons. The molecular weight excluding hydrogens is 319 g/mol. The van der Waals surface area contributed by atoms with E-state index < -0.39 is 20.7 Å². The summed E-state index contributed by atoms with van der Waals surface area (Å²) in [4.78, 5) is 3.63. The fourth-order valence-electron chi connectivity index (χ4n) is 2.09. The van der Waals surface area contributed by atoms with Gasteiger partial charge >= 0.3 is 0 Å². The van der Waals surface area contributed by atoms with E-state index in [4.69, 9.17) is 5.26 Å². The molecule has 0 fully saturated rings. The summed E-state index contributed by atoms with van der Waals surface area (Å²) in [5.41, 5.74) is 0.0638. The molecule has 0 saturated carbocycles. The largest absolute Gasteiger partial charge is 0.334 e. The number of halogens is 1. The highest BCUT2D eigenvalue weighted by Crippen LogP contribution is 2.16. The van der Waals surface area contributed by atoms with E-state index in [2.05, 4.69) is 9.71 Å². The van der Waals surface area contributed by atoms with Crippen LogP contribution < -0.4 is 4.72 Å². The zero-order valence-corrected chi connectivity index (χ0v) is 13.6. The minimum atomic E-state index is -4.02. The topological polar surface area (TPSA) is 87.8 Å². The molecule has 0 aliphatic carbocycles. The van der Waals surface area contributed by atoms with Crippen LogP contribution in [0.2, 0.25) is 0 Å². The first kappa shape index (κ1) is 17.1. The molecule has 0 saturated heterocycles. The summed E-state index contributed by atoms with van der Waals surface area (Å²) in [5.74, 6) is -0.0195. The minimum Gasteiger partial charge on any atom is -0.334 e. The summed E-state index contributed by atoms with van der Waals surface area (Å²) in [7, 11) is -4.02. The van der Waals surface area contributed by atoms with Crippen LogP contribution in [0.3, 0.4) is 0 Å². The van der Waals surface area contributed by atoms with Crippen molar-refractivity contribution in [3.05, 3.63) is 47.8 Å². The number of nitriles is 1. The van der Waals surface area contributed by atoms with Crippen LogP contribution in [0.1, 0.15) is 25.2 Å². The summed E-state index contributed by atoms with van der Waals surface area (Å²) in [6.07, 6.45) is 3.36. The van der Waals surface area contributed by atoms with Crippen LogP contribution in [0.5, 0.6) is 0 Å². The lowest BCUT2D eigenvalue weighted by atomic mass is 10.2. The highest BCUT2D eigenvalue weighted by molar-refractivity contribution is 7.89. The number of aromatic nitrogens is 2. The summed E-state index contributed by atoms with van der Waals surface area (Å²) >= 11 is 0. The van der Waals surface area contributed by atoms with Crippen LogP contribution in [-0.4, -0.2) is 18.0 Å². The Labute approximate surface area is 134 Å². The van der Waals surface area contributed by atoms with Crippen molar-refractivity contribution in [3.8, 4) is 6.07 Å². The van der Waals surface area contributed by atoms with E-state index in [1.165, 1.54) is 6.07 Å². The fourth-order valence-corrected chi connectivity index (χ4v) is 3.13. The third kappa shape index (κ3) is 4.15. The van der Waals surface area contributed by atoms with Gasteiger partial charge in [-0.05, 0) is 24.1 Å². The lowest BCUT2D eigenvalue weighted by Crippen LogP contribution is -2.26. The van der Waals surface area contributed by atoms with E-state index in [1.54, 1.807) is 18.5 Å². The van der Waals surface area contributed by atoms with E-state index in [0.29, 0.717) is 18.3 Å². The van der Waals surface area contributed by atoms with Crippen LogP contribution in [0.25, 0.3) is 0 Å². The van der Waals surface area contributed by atoms with Gasteiger partial charge in [0.1, 0.15) is 16.5 Å². The Balaban J connectivity index is 2.17. The molecule has 0 aliphatic rings. The maximum Gasteiger partial charge on any atom is 0.243 e. The lowest BCUT2D eigenvalue weighted by molar-refractivity contribution is 0.502. The van der Waals surface area contributed by atoms with Gasteiger partial charge in [0.05, 0.1) is 18.2 Å². The van der Waals surface area contributed by atoms with Crippen LogP contribution >= 0.6 is 0 Å². The van der Waals surface area contributed by atoms with E-state index >= 15 is 0 Å². The van der Waals surface area contributed by atoms with Gasteiger partial charge in [-0.3, -0.25) is 0 Å². The molecule has 8 heteroatoms. The quantitative estimate of drug-likeness (QED) is 0.874. The number of rotatable bonds is 6. The molecule has 0 unspecified atom stereocenters. The van der Waals surface area contributed by atoms with Crippen molar-refractivity contribution in [2.75, 3.05) is 0 Å². The number of hydrogen-bond donors (Lipinski definition) is 1. The maximum absolute atomic E-state index is 13.9. The molecule has 1 heterocycles. The SMILES string of the molecule is CC(C)Cn1ccnc1CNS(=O)(=O)c1ccc(C#N)cc1F. The number of imidazole rings is 1. The first-order chi connectivity index (χ1) is 10.8. The molecule has 1 aromatic heterocycles. The van der Waals surface area contributed by atoms with E-state index in [-0.39, 0.29) is 12.1 Å². The summed E-state index contributed by atoms with van der Waals surface area (Å²) in [6, 6.07) is 5.00. The average Bonchev–Trinajstić information content (AvgIpc) is 2.91. The molecule has 1 N–H and O–H groups in total. The minimum absolute atomic E-state index is 0.0402. The van der Waals surface area contributed by atoms with Crippen LogP contribution in [-0.2, 0) is 23.1 Å². The predicted molar refractivity (Wildman–Crippen MR) is 82.2 cm³/mol. The maximum atomic E-state index is 13.9. The lowest BCUT2D eigenvalue weighted by Gasteiger charge is -2.11. The second-order valence-corrected chi connectivity index (χ2v) is 7.21. The van der Waals surface area contributed by atoms with Gasteiger partial charge in [-0.25, -0.2) is 22.5 Å². The number of hydrogen-bond acceptors (Lipinski definition) is 4. The Morgan fingerprint density at radius 1 is 1.43 bits per heavy atom. The Bertz CT molecular complexity index is 837. The molecule has 23 heavy (non-hydrogen) atoms. The molecule has 1 aromatic carbocycles. The third-order valence-corrected chi connectivity index (χ3v) is 4.57.